The molecule has 0 aliphatic carbocycles. The van der Waals surface area contributed by atoms with Crippen LogP contribution in [0.1, 0.15) is 0 Å². The Morgan fingerprint density at radius 1 is 0.923 bits per heavy atom. The van der Waals surface area contributed by atoms with E-state index in [1.165, 1.54) is 11.3 Å². The third-order valence-electron chi connectivity index (χ3n) is 3.70. The standard InChI is InChI=1S/C18H21N5O2S/c1-22(2)17-19-16(20-18(21-17)23(3)4)15-13(24)10-14(26-15)11-6-8-12(25-5)9-7-11/h6-10,24H,1-5H3. The third-order valence-corrected chi connectivity index (χ3v) is 4.87. The maximum Gasteiger partial charge on any atom is 0.230 e. The van der Waals surface area contributed by atoms with E-state index in [2.05, 4.69) is 15.0 Å². The first kappa shape index (κ1) is 17.9. The van der Waals surface area contributed by atoms with Gasteiger partial charge in [0, 0.05) is 33.1 Å². The summed E-state index contributed by atoms with van der Waals surface area (Å²) in [7, 11) is 9.12. The Balaban J connectivity index is 2.05. The molecule has 1 aromatic carbocycles. The highest BCUT2D eigenvalue weighted by molar-refractivity contribution is 7.19. The summed E-state index contributed by atoms with van der Waals surface area (Å²) >= 11 is 1.44. The molecule has 3 aromatic rings. The molecule has 0 spiro atoms. The normalized spacial score (nSPS) is 10.7. The van der Waals surface area contributed by atoms with Crippen molar-refractivity contribution in [3.63, 3.8) is 0 Å². The predicted molar refractivity (Wildman–Crippen MR) is 105 cm³/mol. The summed E-state index contributed by atoms with van der Waals surface area (Å²) in [5.41, 5.74) is 0.993. The molecular formula is C18H21N5O2S. The molecule has 0 aliphatic heterocycles. The first-order valence-corrected chi connectivity index (χ1v) is 8.79. The van der Waals surface area contributed by atoms with E-state index in [0.29, 0.717) is 22.6 Å². The largest absolute Gasteiger partial charge is 0.506 e. The number of nitrogens with zero attached hydrogens (tertiary/aromatic N) is 5. The van der Waals surface area contributed by atoms with Crippen LogP contribution in [-0.2, 0) is 0 Å². The van der Waals surface area contributed by atoms with Crippen molar-refractivity contribution < 1.29 is 9.84 Å². The second kappa shape index (κ2) is 7.17. The fraction of sp³-hybridized carbons (Fsp3) is 0.278. The third kappa shape index (κ3) is 3.55. The summed E-state index contributed by atoms with van der Waals surface area (Å²) in [4.78, 5) is 18.6. The molecule has 0 radical (unpaired) electrons. The summed E-state index contributed by atoms with van der Waals surface area (Å²) in [6, 6.07) is 9.43. The summed E-state index contributed by atoms with van der Waals surface area (Å²) in [6.07, 6.45) is 0. The summed E-state index contributed by atoms with van der Waals surface area (Å²) in [5.74, 6) is 2.48. The van der Waals surface area contributed by atoms with Crippen LogP contribution in [0.3, 0.4) is 0 Å². The first-order chi connectivity index (χ1) is 12.4. The molecule has 0 saturated heterocycles. The van der Waals surface area contributed by atoms with Crippen LogP contribution in [0.5, 0.6) is 11.5 Å². The van der Waals surface area contributed by atoms with Gasteiger partial charge >= 0.3 is 0 Å². The maximum atomic E-state index is 10.5. The molecule has 8 heteroatoms. The smallest absolute Gasteiger partial charge is 0.230 e. The first-order valence-electron chi connectivity index (χ1n) is 7.97. The van der Waals surface area contributed by atoms with E-state index in [9.17, 15) is 5.11 Å². The van der Waals surface area contributed by atoms with Gasteiger partial charge in [-0.2, -0.15) is 15.0 Å². The molecule has 1 N–H and O–H groups in total. The molecule has 3 rings (SSSR count). The number of aromatic hydroxyl groups is 1. The molecular weight excluding hydrogens is 350 g/mol. The van der Waals surface area contributed by atoms with Gasteiger partial charge in [0.1, 0.15) is 16.4 Å². The van der Waals surface area contributed by atoms with Gasteiger partial charge in [-0.3, -0.25) is 0 Å². The van der Waals surface area contributed by atoms with Crippen LogP contribution in [0.4, 0.5) is 11.9 Å². The van der Waals surface area contributed by atoms with E-state index in [0.717, 1.165) is 16.2 Å². The maximum absolute atomic E-state index is 10.5. The van der Waals surface area contributed by atoms with Crippen LogP contribution in [0, 0.1) is 0 Å². The zero-order chi connectivity index (χ0) is 18.8. The van der Waals surface area contributed by atoms with Gasteiger partial charge < -0.3 is 19.6 Å². The van der Waals surface area contributed by atoms with Crippen molar-refractivity contribution in [2.75, 3.05) is 45.1 Å². The summed E-state index contributed by atoms with van der Waals surface area (Å²) < 4.78 is 5.19. The molecule has 2 heterocycles. The number of thiophene rings is 1. The van der Waals surface area contributed by atoms with Crippen molar-refractivity contribution in [3.8, 4) is 32.6 Å². The predicted octanol–water partition coefficient (Wildman–Crippen LogP) is 3.11. The van der Waals surface area contributed by atoms with E-state index in [4.69, 9.17) is 4.74 Å². The van der Waals surface area contributed by atoms with Gasteiger partial charge in [-0.1, -0.05) is 0 Å². The lowest BCUT2D eigenvalue weighted by Gasteiger charge is -2.15. The Hall–Kier alpha value is -2.87. The lowest BCUT2D eigenvalue weighted by atomic mass is 10.2. The van der Waals surface area contributed by atoms with Crippen LogP contribution >= 0.6 is 11.3 Å². The Labute approximate surface area is 156 Å². The van der Waals surface area contributed by atoms with Gasteiger partial charge in [-0.25, -0.2) is 0 Å². The van der Waals surface area contributed by atoms with E-state index < -0.39 is 0 Å². The van der Waals surface area contributed by atoms with Crippen molar-refractivity contribution in [3.05, 3.63) is 30.3 Å². The molecule has 0 saturated carbocycles. The number of rotatable bonds is 5. The highest BCUT2D eigenvalue weighted by Crippen LogP contribution is 2.41. The van der Waals surface area contributed by atoms with Crippen LogP contribution in [0.25, 0.3) is 21.1 Å². The zero-order valence-electron chi connectivity index (χ0n) is 15.4. The van der Waals surface area contributed by atoms with Gasteiger partial charge in [-0.15, -0.1) is 11.3 Å². The van der Waals surface area contributed by atoms with Gasteiger partial charge in [0.25, 0.3) is 0 Å². The summed E-state index contributed by atoms with van der Waals surface area (Å²) in [6.45, 7) is 0. The lowest BCUT2D eigenvalue weighted by molar-refractivity contribution is 0.415. The number of ether oxygens (including phenoxy) is 1. The average Bonchev–Trinajstić information content (AvgIpc) is 3.03. The fourth-order valence-corrected chi connectivity index (χ4v) is 3.29. The second-order valence-corrected chi connectivity index (χ2v) is 7.15. The van der Waals surface area contributed by atoms with Crippen LogP contribution in [0.2, 0.25) is 0 Å². The van der Waals surface area contributed by atoms with Crippen LogP contribution in [-0.4, -0.2) is 55.4 Å². The van der Waals surface area contributed by atoms with Crippen molar-refractivity contribution in [2.45, 2.75) is 0 Å². The Kier molecular flexibility index (Phi) is 4.94. The average molecular weight is 371 g/mol. The molecule has 0 atom stereocenters. The number of methoxy groups -OCH3 is 1. The fourth-order valence-electron chi connectivity index (χ4n) is 2.29. The number of hydrogen-bond acceptors (Lipinski definition) is 8. The van der Waals surface area contributed by atoms with Crippen LogP contribution < -0.4 is 14.5 Å². The number of hydrogen-bond donors (Lipinski definition) is 1. The van der Waals surface area contributed by atoms with Gasteiger partial charge in [0.2, 0.25) is 11.9 Å². The minimum atomic E-state index is 0.154. The van der Waals surface area contributed by atoms with Gasteiger partial charge in [0.15, 0.2) is 5.82 Å². The van der Waals surface area contributed by atoms with Crippen molar-refractivity contribution in [1.82, 2.24) is 15.0 Å². The molecule has 7 nitrogen and oxygen atoms in total. The highest BCUT2D eigenvalue weighted by Gasteiger charge is 2.18. The van der Waals surface area contributed by atoms with Crippen molar-refractivity contribution in [1.29, 1.82) is 0 Å². The minimum absolute atomic E-state index is 0.154. The molecule has 0 unspecified atom stereocenters. The molecule has 136 valence electrons. The monoisotopic (exact) mass is 371 g/mol. The minimum Gasteiger partial charge on any atom is -0.506 e. The molecule has 0 aliphatic rings. The van der Waals surface area contributed by atoms with Gasteiger partial charge in [-0.05, 0) is 35.9 Å². The summed E-state index contributed by atoms with van der Waals surface area (Å²) in [5, 5.41) is 10.5. The van der Waals surface area contributed by atoms with Crippen LogP contribution in [0.15, 0.2) is 30.3 Å². The quantitative estimate of drug-likeness (QED) is 0.738. The molecule has 0 bridgehead atoms. The molecule has 0 fully saturated rings. The Morgan fingerprint density at radius 2 is 1.50 bits per heavy atom. The van der Waals surface area contributed by atoms with E-state index in [-0.39, 0.29) is 5.75 Å². The highest BCUT2D eigenvalue weighted by atomic mass is 32.1. The Morgan fingerprint density at radius 3 is 2.00 bits per heavy atom. The van der Waals surface area contributed by atoms with E-state index in [1.54, 1.807) is 13.2 Å². The number of aromatic nitrogens is 3. The zero-order valence-corrected chi connectivity index (χ0v) is 16.2. The number of benzene rings is 1. The van der Waals surface area contributed by atoms with Crippen molar-refractivity contribution in [2.24, 2.45) is 0 Å². The molecule has 26 heavy (non-hydrogen) atoms. The molecule has 0 amide bonds. The molecule has 2 aromatic heterocycles. The lowest BCUT2D eigenvalue weighted by Crippen LogP contribution is -2.19. The Bertz CT molecular complexity index is 880. The number of anilines is 2. The second-order valence-electron chi connectivity index (χ2n) is 6.10. The SMILES string of the molecule is COc1ccc(-c2cc(O)c(-c3nc(N(C)C)nc(N(C)C)n3)s2)cc1. The van der Waals surface area contributed by atoms with Gasteiger partial charge in [0.05, 0.1) is 7.11 Å². The van der Waals surface area contributed by atoms with E-state index in [1.807, 2.05) is 62.3 Å². The van der Waals surface area contributed by atoms with E-state index >= 15 is 0 Å². The topological polar surface area (TPSA) is 74.6 Å². The van der Waals surface area contributed by atoms with Crippen molar-refractivity contribution >= 4 is 23.2 Å².